The van der Waals surface area contributed by atoms with Crippen molar-refractivity contribution in [2.75, 3.05) is 17.7 Å². The number of rotatable bonds is 3. The Morgan fingerprint density at radius 1 is 1.53 bits per heavy atom. The van der Waals surface area contributed by atoms with E-state index in [4.69, 9.17) is 21.8 Å². The topological polar surface area (TPSA) is 55.3 Å². The minimum atomic E-state index is 0.541. The van der Waals surface area contributed by atoms with E-state index in [2.05, 4.69) is 4.98 Å². The highest BCUT2D eigenvalue weighted by molar-refractivity contribution is 6.30. The smallest absolute Gasteiger partial charge is 0.151 e. The quantitative estimate of drug-likeness (QED) is 0.911. The Labute approximate surface area is 105 Å². The van der Waals surface area contributed by atoms with Gasteiger partial charge in [0, 0.05) is 25.4 Å². The molecule has 0 spiro atoms. The van der Waals surface area contributed by atoms with Gasteiger partial charge < -0.3 is 15.1 Å². The molecule has 0 fully saturated rings. The fourth-order valence-corrected chi connectivity index (χ4v) is 1.84. The van der Waals surface area contributed by atoms with E-state index in [9.17, 15) is 0 Å². The number of nitrogen functional groups attached to an aromatic ring is 1. The first-order valence-corrected chi connectivity index (χ1v) is 5.61. The van der Waals surface area contributed by atoms with Crippen LogP contribution in [-0.4, -0.2) is 12.0 Å². The predicted octanol–water partition coefficient (Wildman–Crippen LogP) is 2.86. The highest BCUT2D eigenvalue weighted by atomic mass is 35.5. The molecular weight excluding hydrogens is 238 g/mol. The monoisotopic (exact) mass is 251 g/mol. The van der Waals surface area contributed by atoms with Crippen molar-refractivity contribution < 1.29 is 4.42 Å². The summed E-state index contributed by atoms with van der Waals surface area (Å²) in [7, 11) is 1.93. The van der Waals surface area contributed by atoms with Gasteiger partial charge >= 0.3 is 0 Å². The Morgan fingerprint density at radius 3 is 2.88 bits per heavy atom. The molecular formula is C12H14ClN3O. The number of hydrogen-bond acceptors (Lipinski definition) is 4. The Bertz CT molecular complexity index is 524. The van der Waals surface area contributed by atoms with Crippen molar-refractivity contribution in [3.63, 3.8) is 0 Å². The van der Waals surface area contributed by atoms with Crippen LogP contribution in [0.25, 0.3) is 0 Å². The average Bonchev–Trinajstić information content (AvgIpc) is 2.64. The number of anilines is 2. The van der Waals surface area contributed by atoms with Crippen LogP contribution in [0, 0.1) is 6.92 Å². The van der Waals surface area contributed by atoms with Crippen LogP contribution >= 0.6 is 11.6 Å². The van der Waals surface area contributed by atoms with Crippen molar-refractivity contribution in [1.29, 1.82) is 0 Å². The largest absolute Gasteiger partial charge is 0.469 e. The molecule has 0 saturated carbocycles. The van der Waals surface area contributed by atoms with E-state index < -0.39 is 0 Å². The van der Waals surface area contributed by atoms with Gasteiger partial charge in [-0.05, 0) is 19.1 Å². The van der Waals surface area contributed by atoms with Crippen LogP contribution in [0.15, 0.2) is 29.0 Å². The third-order valence-electron chi connectivity index (χ3n) is 2.60. The molecule has 2 aromatic rings. The van der Waals surface area contributed by atoms with Gasteiger partial charge in [-0.3, -0.25) is 0 Å². The van der Waals surface area contributed by atoms with Crippen LogP contribution in [-0.2, 0) is 6.54 Å². The fraction of sp³-hybridized carbons (Fsp3) is 0.250. The number of nitrogens with zero attached hydrogens (tertiary/aromatic N) is 2. The van der Waals surface area contributed by atoms with Gasteiger partial charge in [0.05, 0.1) is 17.0 Å². The summed E-state index contributed by atoms with van der Waals surface area (Å²) in [5.74, 6) is 1.62. The minimum absolute atomic E-state index is 0.541. The highest BCUT2D eigenvalue weighted by Gasteiger charge is 2.10. The van der Waals surface area contributed by atoms with Crippen LogP contribution in [0.4, 0.5) is 11.5 Å². The maximum atomic E-state index is 5.88. The first-order valence-electron chi connectivity index (χ1n) is 5.23. The molecule has 0 aromatic carbocycles. The van der Waals surface area contributed by atoms with Gasteiger partial charge in [0.1, 0.15) is 5.76 Å². The van der Waals surface area contributed by atoms with Gasteiger partial charge in [0.2, 0.25) is 0 Å². The maximum absolute atomic E-state index is 5.88. The third kappa shape index (κ3) is 2.53. The van der Waals surface area contributed by atoms with E-state index in [1.54, 1.807) is 18.5 Å². The molecule has 2 aromatic heterocycles. The molecule has 5 heteroatoms. The van der Waals surface area contributed by atoms with Crippen molar-refractivity contribution in [2.45, 2.75) is 13.5 Å². The molecule has 0 radical (unpaired) electrons. The molecule has 0 aliphatic carbocycles. The van der Waals surface area contributed by atoms with Crippen LogP contribution in [0.1, 0.15) is 11.3 Å². The molecule has 4 nitrogen and oxygen atoms in total. The number of aryl methyl sites for hydroxylation is 1. The van der Waals surface area contributed by atoms with Gasteiger partial charge in [0.25, 0.3) is 0 Å². The number of aromatic nitrogens is 1. The molecule has 2 heterocycles. The summed E-state index contributed by atoms with van der Waals surface area (Å²) in [6.45, 7) is 2.63. The van der Waals surface area contributed by atoms with Crippen LogP contribution < -0.4 is 10.6 Å². The molecule has 0 aliphatic rings. The molecule has 0 aliphatic heterocycles. The summed E-state index contributed by atoms with van der Waals surface area (Å²) in [6.07, 6.45) is 3.27. The van der Waals surface area contributed by atoms with Crippen LogP contribution in [0.3, 0.4) is 0 Å². The zero-order valence-corrected chi connectivity index (χ0v) is 10.5. The van der Waals surface area contributed by atoms with E-state index in [-0.39, 0.29) is 0 Å². The lowest BCUT2D eigenvalue weighted by atomic mass is 10.2. The maximum Gasteiger partial charge on any atom is 0.151 e. The van der Waals surface area contributed by atoms with Crippen molar-refractivity contribution in [3.8, 4) is 0 Å². The van der Waals surface area contributed by atoms with Gasteiger partial charge in [-0.1, -0.05) is 11.6 Å². The minimum Gasteiger partial charge on any atom is -0.469 e. The number of halogens is 1. The summed E-state index contributed by atoms with van der Waals surface area (Å²) in [4.78, 5) is 6.19. The molecule has 0 unspecified atom stereocenters. The lowest BCUT2D eigenvalue weighted by Crippen LogP contribution is -2.19. The van der Waals surface area contributed by atoms with Crippen LogP contribution in [0.2, 0.25) is 5.02 Å². The van der Waals surface area contributed by atoms with E-state index in [1.807, 2.05) is 24.9 Å². The predicted molar refractivity (Wildman–Crippen MR) is 69.2 cm³/mol. The molecule has 0 amide bonds. The molecule has 0 saturated heterocycles. The first kappa shape index (κ1) is 11.8. The number of pyridine rings is 1. The van der Waals surface area contributed by atoms with Crippen molar-refractivity contribution >= 4 is 23.1 Å². The third-order valence-corrected chi connectivity index (χ3v) is 2.80. The molecule has 90 valence electrons. The lowest BCUT2D eigenvalue weighted by molar-refractivity contribution is 0.529. The second-order valence-corrected chi connectivity index (χ2v) is 4.36. The van der Waals surface area contributed by atoms with Crippen molar-refractivity contribution in [3.05, 3.63) is 40.9 Å². The number of hydrogen-bond donors (Lipinski definition) is 1. The Balaban J connectivity index is 2.20. The summed E-state index contributed by atoms with van der Waals surface area (Å²) >= 11 is 5.81. The lowest BCUT2D eigenvalue weighted by Gasteiger charge is -2.19. The summed E-state index contributed by atoms with van der Waals surface area (Å²) < 4.78 is 5.25. The van der Waals surface area contributed by atoms with E-state index in [1.165, 1.54) is 0 Å². The molecule has 17 heavy (non-hydrogen) atoms. The Kier molecular flexibility index (Phi) is 3.24. The average molecular weight is 252 g/mol. The molecule has 0 bridgehead atoms. The highest BCUT2D eigenvalue weighted by Crippen LogP contribution is 2.24. The van der Waals surface area contributed by atoms with Gasteiger partial charge in [-0.15, -0.1) is 0 Å². The first-order chi connectivity index (χ1) is 8.08. The Morgan fingerprint density at radius 2 is 2.29 bits per heavy atom. The summed E-state index contributed by atoms with van der Waals surface area (Å²) in [5, 5.41) is 0.541. The summed E-state index contributed by atoms with van der Waals surface area (Å²) in [6, 6.07) is 3.64. The van der Waals surface area contributed by atoms with Gasteiger partial charge in [-0.25, -0.2) is 4.98 Å². The normalized spacial score (nSPS) is 10.5. The second-order valence-electron chi connectivity index (χ2n) is 3.92. The van der Waals surface area contributed by atoms with Gasteiger partial charge in [-0.2, -0.15) is 0 Å². The second kappa shape index (κ2) is 4.67. The molecule has 0 atom stereocenters. The number of furan rings is 1. The molecule has 2 N–H and O–H groups in total. The SMILES string of the molecule is Cc1occc1CN(C)c1ncc(Cl)cc1N. The summed E-state index contributed by atoms with van der Waals surface area (Å²) in [5.41, 5.74) is 7.56. The number of nitrogens with two attached hydrogens (primary N) is 1. The van der Waals surface area contributed by atoms with Crippen molar-refractivity contribution in [1.82, 2.24) is 4.98 Å². The standard InChI is InChI=1S/C12H14ClN3O/c1-8-9(3-4-17-8)7-16(2)12-11(14)5-10(13)6-15-12/h3-6H,7,14H2,1-2H3. The van der Waals surface area contributed by atoms with E-state index in [0.717, 1.165) is 17.1 Å². The van der Waals surface area contributed by atoms with E-state index in [0.29, 0.717) is 17.3 Å². The zero-order chi connectivity index (χ0) is 12.4. The fourth-order valence-electron chi connectivity index (χ4n) is 1.67. The van der Waals surface area contributed by atoms with Crippen LogP contribution in [0.5, 0.6) is 0 Å². The Hall–Kier alpha value is -1.68. The molecule has 2 rings (SSSR count). The van der Waals surface area contributed by atoms with Gasteiger partial charge in [0.15, 0.2) is 5.82 Å². The van der Waals surface area contributed by atoms with Crippen molar-refractivity contribution in [2.24, 2.45) is 0 Å². The zero-order valence-electron chi connectivity index (χ0n) is 9.77. The van der Waals surface area contributed by atoms with E-state index >= 15 is 0 Å².